The van der Waals surface area contributed by atoms with Crippen molar-refractivity contribution in [2.75, 3.05) is 7.11 Å². The van der Waals surface area contributed by atoms with Crippen molar-refractivity contribution in [2.24, 2.45) is 0 Å². The number of hydrogen-bond donors (Lipinski definition) is 2. The molecule has 33 heavy (non-hydrogen) atoms. The first-order valence-electron chi connectivity index (χ1n) is 9.91. The van der Waals surface area contributed by atoms with E-state index in [1.807, 2.05) is 6.07 Å². The normalized spacial score (nSPS) is 11.7. The maximum Gasteiger partial charge on any atom is 0.333 e. The molecule has 0 aliphatic heterocycles. The number of aromatic hydroxyl groups is 1. The fourth-order valence-corrected chi connectivity index (χ4v) is 3.94. The fraction of sp³-hybridized carbons (Fsp3) is 0.0800. The van der Waals surface area contributed by atoms with Gasteiger partial charge in [-0.2, -0.15) is 0 Å². The third kappa shape index (κ3) is 4.49. The summed E-state index contributed by atoms with van der Waals surface area (Å²) in [7, 11) is 1.26. The molecule has 1 heterocycles. The lowest BCUT2D eigenvalue weighted by Gasteiger charge is -2.18. The Balaban J connectivity index is 1.84. The lowest BCUT2D eigenvalue weighted by Crippen LogP contribution is -2.34. The van der Waals surface area contributed by atoms with Crippen molar-refractivity contribution in [3.63, 3.8) is 0 Å². The predicted octanol–water partition coefficient (Wildman–Crippen LogP) is 5.56. The molecule has 0 fully saturated rings. The maximum absolute atomic E-state index is 13.4. The number of esters is 1. The Morgan fingerprint density at radius 3 is 2.42 bits per heavy atom. The first-order valence-corrected chi connectivity index (χ1v) is 10.7. The minimum Gasteiger partial charge on any atom is -0.507 e. The third-order valence-electron chi connectivity index (χ3n) is 5.14. The molecule has 8 heteroatoms. The number of nitrogens with one attached hydrogen (secondary N) is 1. The fourth-order valence-electron chi connectivity index (χ4n) is 3.53. The van der Waals surface area contributed by atoms with Gasteiger partial charge in [0, 0.05) is 5.39 Å². The van der Waals surface area contributed by atoms with Crippen LogP contribution in [0.15, 0.2) is 72.8 Å². The summed E-state index contributed by atoms with van der Waals surface area (Å²) >= 11 is 12.5. The number of pyridine rings is 1. The van der Waals surface area contributed by atoms with E-state index in [0.29, 0.717) is 16.5 Å². The molecular formula is C25H18Cl2N2O4. The summed E-state index contributed by atoms with van der Waals surface area (Å²) in [6, 6.07) is 19.2. The van der Waals surface area contributed by atoms with Crippen LogP contribution in [0.5, 0.6) is 5.75 Å². The van der Waals surface area contributed by atoms with Crippen LogP contribution in [0.2, 0.25) is 10.0 Å². The lowest BCUT2D eigenvalue weighted by atomic mass is 10.0. The van der Waals surface area contributed by atoms with Crippen LogP contribution in [-0.4, -0.2) is 29.1 Å². The molecule has 2 N–H and O–H groups in total. The molecule has 3 aromatic carbocycles. The number of para-hydroxylation sites is 1. The smallest absolute Gasteiger partial charge is 0.333 e. The summed E-state index contributed by atoms with van der Waals surface area (Å²) in [6.07, 6.45) is 0. The Bertz CT molecular complexity index is 1360. The molecule has 0 spiro atoms. The van der Waals surface area contributed by atoms with E-state index in [9.17, 15) is 14.7 Å². The zero-order chi connectivity index (χ0) is 23.5. The lowest BCUT2D eigenvalue weighted by molar-refractivity contribution is -0.143. The van der Waals surface area contributed by atoms with Gasteiger partial charge in [-0.1, -0.05) is 71.7 Å². The number of carbonyl (C=O) groups is 2. The standard InChI is InChI=1S/C25H18Cl2N2O4/c1-33-25(32)23(14-7-3-2-4-8-14)29-24(31)16-13-19(28-18-10-6-5-9-15(16)18)21-20(30)12-11-17(26)22(21)27/h2-13,23,30H,1H3,(H,29,31)/t23-/m1/s1. The molecule has 0 aliphatic rings. The Kier molecular flexibility index (Phi) is 6.49. The minimum absolute atomic E-state index is 0.113. The highest BCUT2D eigenvalue weighted by Gasteiger charge is 2.26. The Hall–Kier alpha value is -3.61. The molecule has 0 bridgehead atoms. The van der Waals surface area contributed by atoms with Gasteiger partial charge in [0.2, 0.25) is 0 Å². The highest BCUT2D eigenvalue weighted by molar-refractivity contribution is 6.44. The van der Waals surface area contributed by atoms with Crippen LogP contribution >= 0.6 is 23.2 Å². The van der Waals surface area contributed by atoms with Crippen LogP contribution in [0.25, 0.3) is 22.2 Å². The molecule has 4 aromatic rings. The first-order chi connectivity index (χ1) is 15.9. The number of ether oxygens (including phenoxy) is 1. The average Bonchev–Trinajstić information content (AvgIpc) is 2.84. The van der Waals surface area contributed by atoms with Crippen LogP contribution in [0, 0.1) is 0 Å². The second kappa shape index (κ2) is 9.48. The van der Waals surface area contributed by atoms with E-state index in [4.69, 9.17) is 27.9 Å². The van der Waals surface area contributed by atoms with Gasteiger partial charge in [-0.15, -0.1) is 0 Å². The second-order valence-corrected chi connectivity index (χ2v) is 7.95. The Morgan fingerprint density at radius 2 is 1.70 bits per heavy atom. The van der Waals surface area contributed by atoms with Crippen LogP contribution < -0.4 is 5.32 Å². The summed E-state index contributed by atoms with van der Waals surface area (Å²) in [5.41, 5.74) is 1.79. The van der Waals surface area contributed by atoms with Gasteiger partial charge in [-0.3, -0.25) is 4.79 Å². The topological polar surface area (TPSA) is 88.5 Å². The molecule has 1 aromatic heterocycles. The van der Waals surface area contributed by atoms with E-state index >= 15 is 0 Å². The SMILES string of the molecule is COC(=O)[C@H](NC(=O)c1cc(-c2c(O)ccc(Cl)c2Cl)nc2ccccc12)c1ccccc1. The summed E-state index contributed by atoms with van der Waals surface area (Å²) in [4.78, 5) is 30.4. The van der Waals surface area contributed by atoms with E-state index in [2.05, 4.69) is 10.3 Å². The number of benzene rings is 3. The number of aromatic nitrogens is 1. The Morgan fingerprint density at radius 1 is 1.00 bits per heavy atom. The highest BCUT2D eigenvalue weighted by atomic mass is 35.5. The molecule has 6 nitrogen and oxygen atoms in total. The number of rotatable bonds is 5. The molecule has 0 saturated heterocycles. The minimum atomic E-state index is -1.01. The van der Waals surface area contributed by atoms with Gasteiger partial charge in [0.25, 0.3) is 5.91 Å². The zero-order valence-corrected chi connectivity index (χ0v) is 18.9. The molecule has 166 valence electrons. The summed E-state index contributed by atoms with van der Waals surface area (Å²) in [6.45, 7) is 0. The van der Waals surface area contributed by atoms with E-state index < -0.39 is 17.9 Å². The third-order valence-corrected chi connectivity index (χ3v) is 5.94. The second-order valence-electron chi connectivity index (χ2n) is 7.17. The molecular weight excluding hydrogens is 463 g/mol. The monoisotopic (exact) mass is 480 g/mol. The number of hydrogen-bond acceptors (Lipinski definition) is 5. The number of methoxy groups -OCH3 is 1. The van der Waals surface area contributed by atoms with Gasteiger partial charge in [0.15, 0.2) is 6.04 Å². The van der Waals surface area contributed by atoms with Crippen molar-refractivity contribution >= 4 is 46.0 Å². The van der Waals surface area contributed by atoms with Crippen molar-refractivity contribution in [1.29, 1.82) is 0 Å². The molecule has 4 rings (SSSR count). The largest absolute Gasteiger partial charge is 0.507 e. The van der Waals surface area contributed by atoms with Gasteiger partial charge < -0.3 is 15.2 Å². The quantitative estimate of drug-likeness (QED) is 0.365. The molecule has 0 radical (unpaired) electrons. The van der Waals surface area contributed by atoms with Crippen molar-refractivity contribution < 1.29 is 19.4 Å². The highest BCUT2D eigenvalue weighted by Crippen LogP contribution is 2.40. The van der Waals surface area contributed by atoms with Gasteiger partial charge >= 0.3 is 5.97 Å². The summed E-state index contributed by atoms with van der Waals surface area (Å²) < 4.78 is 4.90. The van der Waals surface area contributed by atoms with Crippen LogP contribution in [-0.2, 0) is 9.53 Å². The van der Waals surface area contributed by atoms with Crippen molar-refractivity contribution in [3.8, 4) is 17.0 Å². The maximum atomic E-state index is 13.4. The molecule has 0 aliphatic carbocycles. The predicted molar refractivity (Wildman–Crippen MR) is 128 cm³/mol. The van der Waals surface area contributed by atoms with E-state index in [0.717, 1.165) is 0 Å². The number of phenolic OH excluding ortho intramolecular Hbond substituents is 1. The van der Waals surface area contributed by atoms with Crippen LogP contribution in [0.3, 0.4) is 0 Å². The van der Waals surface area contributed by atoms with E-state index in [1.54, 1.807) is 48.5 Å². The van der Waals surface area contributed by atoms with E-state index in [-0.39, 0.29) is 32.6 Å². The average molecular weight is 481 g/mol. The molecule has 1 amide bonds. The van der Waals surface area contributed by atoms with Crippen molar-refractivity contribution in [3.05, 3.63) is 94.0 Å². The number of halogens is 2. The zero-order valence-electron chi connectivity index (χ0n) is 17.4. The molecule has 1 atom stereocenters. The van der Waals surface area contributed by atoms with Gasteiger partial charge in [0.05, 0.1) is 39.5 Å². The molecule has 0 saturated carbocycles. The number of nitrogens with zero attached hydrogens (tertiary/aromatic N) is 1. The number of fused-ring (bicyclic) bond motifs is 1. The number of phenols is 1. The van der Waals surface area contributed by atoms with Crippen molar-refractivity contribution in [1.82, 2.24) is 10.3 Å². The number of carbonyl (C=O) groups excluding carboxylic acids is 2. The summed E-state index contributed by atoms with van der Waals surface area (Å²) in [5.74, 6) is -1.26. The summed E-state index contributed by atoms with van der Waals surface area (Å²) in [5, 5.41) is 14.1. The van der Waals surface area contributed by atoms with Gasteiger partial charge in [-0.05, 0) is 29.8 Å². The molecule has 0 unspecified atom stereocenters. The Labute approximate surface area is 199 Å². The first kappa shape index (κ1) is 22.6. The van der Waals surface area contributed by atoms with Crippen molar-refractivity contribution in [2.45, 2.75) is 6.04 Å². The van der Waals surface area contributed by atoms with Crippen LogP contribution in [0.4, 0.5) is 0 Å². The van der Waals surface area contributed by atoms with E-state index in [1.165, 1.54) is 25.3 Å². The van der Waals surface area contributed by atoms with Gasteiger partial charge in [-0.25, -0.2) is 9.78 Å². The van der Waals surface area contributed by atoms with Crippen LogP contribution in [0.1, 0.15) is 22.0 Å². The number of amides is 1. The van der Waals surface area contributed by atoms with Gasteiger partial charge in [0.1, 0.15) is 5.75 Å².